The number of hydrogen-bond acceptors (Lipinski definition) is 2. The first-order chi connectivity index (χ1) is 9.25. The van der Waals surface area contributed by atoms with E-state index < -0.39 is 5.97 Å². The molecule has 2 aliphatic rings. The molecular formula is C16H21NO2. The molecule has 2 atom stereocenters. The highest BCUT2D eigenvalue weighted by Gasteiger charge is 2.32. The third-order valence-electron chi connectivity index (χ3n) is 4.56. The summed E-state index contributed by atoms with van der Waals surface area (Å²) in [5.74, 6) is -0.106. The van der Waals surface area contributed by atoms with Crippen LogP contribution in [0, 0.1) is 0 Å². The fraction of sp³-hybridized carbons (Fsp3) is 0.562. The predicted octanol–water partition coefficient (Wildman–Crippen LogP) is 2.66. The standard InChI is InChI=1S/C16H21NO2/c18-16(19)15-8-2-1-5-9-17(15)11-13-10-12-6-3-4-7-14(12)13/h3-4,6-7,13,15H,1-2,5,8-11H2,(H,18,19). The van der Waals surface area contributed by atoms with Gasteiger partial charge in [0.1, 0.15) is 6.04 Å². The molecule has 3 heteroatoms. The Labute approximate surface area is 114 Å². The van der Waals surface area contributed by atoms with Crippen molar-refractivity contribution in [2.24, 2.45) is 0 Å². The Bertz CT molecular complexity index is 472. The zero-order valence-electron chi connectivity index (χ0n) is 11.2. The molecule has 1 saturated heterocycles. The number of carbonyl (C=O) groups is 1. The van der Waals surface area contributed by atoms with Gasteiger partial charge in [-0.2, -0.15) is 0 Å². The highest BCUT2D eigenvalue weighted by Crippen LogP contribution is 2.36. The van der Waals surface area contributed by atoms with Gasteiger partial charge in [0.15, 0.2) is 0 Å². The van der Waals surface area contributed by atoms with Crippen molar-refractivity contribution < 1.29 is 9.90 Å². The summed E-state index contributed by atoms with van der Waals surface area (Å²) in [5, 5.41) is 9.39. The van der Waals surface area contributed by atoms with Crippen LogP contribution >= 0.6 is 0 Å². The van der Waals surface area contributed by atoms with Gasteiger partial charge in [-0.15, -0.1) is 0 Å². The number of rotatable bonds is 3. The zero-order chi connectivity index (χ0) is 13.2. The van der Waals surface area contributed by atoms with E-state index in [-0.39, 0.29) is 6.04 Å². The number of hydrogen-bond donors (Lipinski definition) is 1. The second kappa shape index (κ2) is 5.33. The first kappa shape index (κ1) is 12.7. The van der Waals surface area contributed by atoms with Gasteiger partial charge in [-0.1, -0.05) is 37.1 Å². The number of fused-ring (bicyclic) bond motifs is 1. The van der Waals surface area contributed by atoms with E-state index in [4.69, 9.17) is 0 Å². The summed E-state index contributed by atoms with van der Waals surface area (Å²) in [7, 11) is 0. The maximum Gasteiger partial charge on any atom is 0.320 e. The van der Waals surface area contributed by atoms with Crippen molar-refractivity contribution in [1.29, 1.82) is 0 Å². The molecule has 0 bridgehead atoms. The molecule has 1 aliphatic carbocycles. The van der Waals surface area contributed by atoms with E-state index in [1.54, 1.807) is 0 Å². The summed E-state index contributed by atoms with van der Waals surface area (Å²) in [6.45, 7) is 1.85. The molecule has 0 amide bonds. The molecule has 1 aromatic carbocycles. The van der Waals surface area contributed by atoms with Gasteiger partial charge in [0, 0.05) is 12.5 Å². The van der Waals surface area contributed by atoms with Crippen molar-refractivity contribution in [3.8, 4) is 0 Å². The average molecular weight is 259 g/mol. The first-order valence-electron chi connectivity index (χ1n) is 7.30. The van der Waals surface area contributed by atoms with Gasteiger partial charge in [-0.05, 0) is 36.9 Å². The van der Waals surface area contributed by atoms with E-state index in [2.05, 4.69) is 29.2 Å². The quantitative estimate of drug-likeness (QED) is 0.907. The van der Waals surface area contributed by atoms with Gasteiger partial charge in [-0.3, -0.25) is 9.69 Å². The SMILES string of the molecule is O=C(O)C1CCCCCN1CC1Cc2ccccc21. The largest absolute Gasteiger partial charge is 0.480 e. The normalized spacial score (nSPS) is 27.2. The Hall–Kier alpha value is -1.35. The average Bonchev–Trinajstić information content (AvgIpc) is 2.61. The summed E-state index contributed by atoms with van der Waals surface area (Å²) in [6.07, 6.45) is 5.27. The van der Waals surface area contributed by atoms with E-state index in [0.717, 1.165) is 38.8 Å². The van der Waals surface area contributed by atoms with E-state index >= 15 is 0 Å². The summed E-state index contributed by atoms with van der Waals surface area (Å²) in [5.41, 5.74) is 2.87. The first-order valence-corrected chi connectivity index (χ1v) is 7.30. The molecule has 1 aromatic rings. The third-order valence-corrected chi connectivity index (χ3v) is 4.56. The van der Waals surface area contributed by atoms with E-state index in [1.165, 1.54) is 17.5 Å². The number of nitrogens with zero attached hydrogens (tertiary/aromatic N) is 1. The third kappa shape index (κ3) is 2.52. The number of benzene rings is 1. The van der Waals surface area contributed by atoms with Gasteiger partial charge in [0.05, 0.1) is 0 Å². The smallest absolute Gasteiger partial charge is 0.320 e. The number of likely N-dealkylation sites (tertiary alicyclic amines) is 1. The molecule has 102 valence electrons. The topological polar surface area (TPSA) is 40.5 Å². The molecule has 1 N–H and O–H groups in total. The minimum absolute atomic E-state index is 0.268. The summed E-state index contributed by atoms with van der Waals surface area (Å²) in [4.78, 5) is 13.6. The molecule has 0 spiro atoms. The van der Waals surface area contributed by atoms with Crippen LogP contribution < -0.4 is 0 Å². The molecule has 0 saturated carbocycles. The van der Waals surface area contributed by atoms with Gasteiger partial charge in [0.25, 0.3) is 0 Å². The van der Waals surface area contributed by atoms with Gasteiger partial charge >= 0.3 is 5.97 Å². The number of carboxylic acids is 1. The van der Waals surface area contributed by atoms with Crippen molar-refractivity contribution in [2.75, 3.05) is 13.1 Å². The molecular weight excluding hydrogens is 238 g/mol. The van der Waals surface area contributed by atoms with Gasteiger partial charge in [-0.25, -0.2) is 0 Å². The number of carboxylic acid groups (broad SMARTS) is 1. The van der Waals surface area contributed by atoms with Crippen molar-refractivity contribution in [1.82, 2.24) is 4.90 Å². The molecule has 0 radical (unpaired) electrons. The maximum atomic E-state index is 11.4. The minimum atomic E-state index is -0.644. The monoisotopic (exact) mass is 259 g/mol. The fourth-order valence-electron chi connectivity index (χ4n) is 3.47. The Morgan fingerprint density at radius 3 is 2.89 bits per heavy atom. The second-order valence-corrected chi connectivity index (χ2v) is 5.80. The molecule has 1 heterocycles. The van der Waals surface area contributed by atoms with E-state index in [9.17, 15) is 9.90 Å². The van der Waals surface area contributed by atoms with Crippen LogP contribution in [0.15, 0.2) is 24.3 Å². The van der Waals surface area contributed by atoms with Gasteiger partial charge < -0.3 is 5.11 Å². The second-order valence-electron chi connectivity index (χ2n) is 5.80. The van der Waals surface area contributed by atoms with Crippen LogP contribution in [0.5, 0.6) is 0 Å². The highest BCUT2D eigenvalue weighted by molar-refractivity contribution is 5.73. The molecule has 3 rings (SSSR count). The van der Waals surface area contributed by atoms with Crippen molar-refractivity contribution in [3.05, 3.63) is 35.4 Å². The molecule has 3 nitrogen and oxygen atoms in total. The van der Waals surface area contributed by atoms with Gasteiger partial charge in [0.2, 0.25) is 0 Å². The van der Waals surface area contributed by atoms with Crippen molar-refractivity contribution in [2.45, 2.75) is 44.1 Å². The van der Waals surface area contributed by atoms with Crippen LogP contribution in [0.1, 0.15) is 42.7 Å². The van der Waals surface area contributed by atoms with E-state index in [0.29, 0.717) is 5.92 Å². The highest BCUT2D eigenvalue weighted by atomic mass is 16.4. The molecule has 19 heavy (non-hydrogen) atoms. The lowest BCUT2D eigenvalue weighted by Gasteiger charge is -2.36. The Morgan fingerprint density at radius 2 is 2.11 bits per heavy atom. The van der Waals surface area contributed by atoms with Crippen molar-refractivity contribution in [3.63, 3.8) is 0 Å². The van der Waals surface area contributed by atoms with Crippen molar-refractivity contribution >= 4 is 5.97 Å². The van der Waals surface area contributed by atoms with E-state index in [1.807, 2.05) is 0 Å². The van der Waals surface area contributed by atoms with Crippen LogP contribution in [-0.2, 0) is 11.2 Å². The minimum Gasteiger partial charge on any atom is -0.480 e. The van der Waals surface area contributed by atoms with Crippen LogP contribution in [0.4, 0.5) is 0 Å². The summed E-state index contributed by atoms with van der Waals surface area (Å²) < 4.78 is 0. The Morgan fingerprint density at radius 1 is 1.26 bits per heavy atom. The Kier molecular flexibility index (Phi) is 3.56. The van der Waals surface area contributed by atoms with Crippen LogP contribution in [-0.4, -0.2) is 35.1 Å². The lowest BCUT2D eigenvalue weighted by Crippen LogP contribution is -2.44. The maximum absolute atomic E-state index is 11.4. The molecule has 0 aromatic heterocycles. The van der Waals surface area contributed by atoms with Crippen LogP contribution in [0.25, 0.3) is 0 Å². The summed E-state index contributed by atoms with van der Waals surface area (Å²) >= 11 is 0. The van der Waals surface area contributed by atoms with Crippen LogP contribution in [0.3, 0.4) is 0 Å². The predicted molar refractivity (Wildman–Crippen MR) is 74.4 cm³/mol. The zero-order valence-corrected chi connectivity index (χ0v) is 11.2. The molecule has 2 unspecified atom stereocenters. The Balaban J connectivity index is 1.70. The lowest BCUT2D eigenvalue weighted by molar-refractivity contribution is -0.143. The summed E-state index contributed by atoms with van der Waals surface area (Å²) in [6, 6.07) is 8.28. The van der Waals surface area contributed by atoms with Crippen LogP contribution in [0.2, 0.25) is 0 Å². The number of aliphatic carboxylic acids is 1. The fourth-order valence-corrected chi connectivity index (χ4v) is 3.47. The lowest BCUT2D eigenvalue weighted by atomic mass is 9.77. The molecule has 1 fully saturated rings. The molecule has 1 aliphatic heterocycles.